The summed E-state index contributed by atoms with van der Waals surface area (Å²) in [5.41, 5.74) is 4.40. The van der Waals surface area contributed by atoms with Crippen LogP contribution >= 0.6 is 11.8 Å². The van der Waals surface area contributed by atoms with Crippen LogP contribution in [0.3, 0.4) is 0 Å². The number of thioether (sulfide) groups is 1. The number of ether oxygens (including phenoxy) is 2. The van der Waals surface area contributed by atoms with Gasteiger partial charge in [-0.2, -0.15) is 0 Å². The van der Waals surface area contributed by atoms with E-state index in [1.165, 1.54) is 11.8 Å². The second-order valence-electron chi connectivity index (χ2n) is 7.60. The maximum atomic E-state index is 12.6. The number of amides is 1. The van der Waals surface area contributed by atoms with Crippen molar-refractivity contribution >= 4 is 51.5 Å². The maximum absolute atomic E-state index is 12.6. The number of nitrogens with one attached hydrogen (secondary N) is 1. The molecule has 178 valence electrons. The summed E-state index contributed by atoms with van der Waals surface area (Å²) in [6.07, 6.45) is 0.494. The molecule has 0 saturated heterocycles. The predicted molar refractivity (Wildman–Crippen MR) is 141 cm³/mol. The van der Waals surface area contributed by atoms with Gasteiger partial charge in [-0.05, 0) is 55.5 Å². The van der Waals surface area contributed by atoms with Crippen LogP contribution in [0.15, 0.2) is 82.8 Å². The molecule has 0 unspecified atom stereocenters. The minimum absolute atomic E-state index is 0.168. The summed E-state index contributed by atoms with van der Waals surface area (Å²) in [7, 11) is 1.63. The molecule has 1 heterocycles. The lowest BCUT2D eigenvalue weighted by atomic mass is 10.1. The van der Waals surface area contributed by atoms with Gasteiger partial charge in [0.25, 0.3) is 0 Å². The zero-order chi connectivity index (χ0) is 24.6. The van der Waals surface area contributed by atoms with Crippen molar-refractivity contribution < 1.29 is 19.1 Å². The molecule has 0 saturated carbocycles. The Kier molecular flexibility index (Phi) is 7.95. The van der Waals surface area contributed by atoms with Gasteiger partial charge in [0.05, 0.1) is 47.2 Å². The number of aliphatic imine (C=N–C) groups is 2. The number of anilines is 1. The van der Waals surface area contributed by atoms with Gasteiger partial charge in [-0.25, -0.2) is 9.79 Å². The van der Waals surface area contributed by atoms with Gasteiger partial charge in [-0.1, -0.05) is 24.3 Å². The third-order valence-corrected chi connectivity index (χ3v) is 6.13. The van der Waals surface area contributed by atoms with E-state index in [4.69, 9.17) is 19.5 Å². The van der Waals surface area contributed by atoms with Crippen LogP contribution in [0.5, 0.6) is 5.75 Å². The molecule has 4 rings (SSSR count). The summed E-state index contributed by atoms with van der Waals surface area (Å²) in [6.45, 7) is 2.07. The van der Waals surface area contributed by atoms with E-state index in [0.29, 0.717) is 24.3 Å². The number of carbonyl (C=O) groups excluding carboxylic acids is 2. The summed E-state index contributed by atoms with van der Waals surface area (Å²) in [6, 6.07) is 22.1. The highest BCUT2D eigenvalue weighted by Gasteiger charge is 2.17. The van der Waals surface area contributed by atoms with Crippen molar-refractivity contribution in [1.82, 2.24) is 0 Å². The second-order valence-corrected chi connectivity index (χ2v) is 8.64. The first-order valence-corrected chi connectivity index (χ1v) is 12.1. The molecule has 0 radical (unpaired) electrons. The summed E-state index contributed by atoms with van der Waals surface area (Å²) in [5.74, 6) is 0.383. The fourth-order valence-electron chi connectivity index (χ4n) is 3.46. The summed E-state index contributed by atoms with van der Waals surface area (Å²) in [4.78, 5) is 34.1. The maximum Gasteiger partial charge on any atom is 0.338 e. The van der Waals surface area contributed by atoms with E-state index in [1.807, 2.05) is 48.5 Å². The molecule has 0 fully saturated rings. The Hall–Kier alpha value is -3.91. The molecule has 1 aliphatic heterocycles. The normalized spacial score (nSPS) is 12.5. The molecule has 35 heavy (non-hydrogen) atoms. The van der Waals surface area contributed by atoms with Crippen LogP contribution in [0.2, 0.25) is 0 Å². The van der Waals surface area contributed by atoms with E-state index in [2.05, 4.69) is 5.32 Å². The standard InChI is InChI=1S/C27H25N3O4S/c1-3-34-27(32)18-11-13-20(14-12-18)28-25(31)17-35-26-16-24(19-7-6-8-21(15-19)33-2)29-22-9-4-5-10-23(22)30-26/h4-15H,3,16-17H2,1-2H3,(H,28,31). The Bertz CT molecular complexity index is 1290. The number of benzene rings is 3. The SMILES string of the molecule is CCOC(=O)c1ccc(NC(=O)CSC2=Nc3ccccc3N=C(c3cccc(OC)c3)C2)cc1. The van der Waals surface area contributed by atoms with Crippen LogP contribution in [0, 0.1) is 0 Å². The van der Waals surface area contributed by atoms with Gasteiger partial charge in [0, 0.05) is 17.7 Å². The average molecular weight is 488 g/mol. The Morgan fingerprint density at radius 1 is 0.971 bits per heavy atom. The molecule has 0 bridgehead atoms. The number of esters is 1. The monoisotopic (exact) mass is 487 g/mol. The number of nitrogens with zero attached hydrogens (tertiary/aromatic N) is 2. The number of hydrogen-bond donors (Lipinski definition) is 1. The molecule has 0 atom stereocenters. The molecule has 1 aliphatic rings. The molecule has 3 aromatic rings. The molecule has 1 amide bonds. The zero-order valence-corrected chi connectivity index (χ0v) is 20.3. The van der Waals surface area contributed by atoms with Crippen molar-refractivity contribution in [1.29, 1.82) is 0 Å². The second kappa shape index (κ2) is 11.5. The van der Waals surface area contributed by atoms with Crippen LogP contribution in [-0.2, 0) is 9.53 Å². The van der Waals surface area contributed by atoms with Crippen molar-refractivity contribution in [3.63, 3.8) is 0 Å². The van der Waals surface area contributed by atoms with Gasteiger partial charge >= 0.3 is 5.97 Å². The van der Waals surface area contributed by atoms with Crippen LogP contribution in [-0.4, -0.2) is 42.1 Å². The Balaban J connectivity index is 1.45. The lowest BCUT2D eigenvalue weighted by Gasteiger charge is -2.09. The number of methoxy groups -OCH3 is 1. The van der Waals surface area contributed by atoms with E-state index in [1.54, 1.807) is 38.3 Å². The Morgan fingerprint density at radius 3 is 2.43 bits per heavy atom. The minimum atomic E-state index is -0.388. The Morgan fingerprint density at radius 2 is 1.71 bits per heavy atom. The molecule has 1 N–H and O–H groups in total. The van der Waals surface area contributed by atoms with Gasteiger partial charge in [-0.15, -0.1) is 11.8 Å². The van der Waals surface area contributed by atoms with E-state index in [0.717, 1.165) is 33.4 Å². The van der Waals surface area contributed by atoms with Crippen molar-refractivity contribution in [3.8, 4) is 5.75 Å². The van der Waals surface area contributed by atoms with Gasteiger partial charge in [0.15, 0.2) is 0 Å². The number of para-hydroxylation sites is 2. The average Bonchev–Trinajstić information content (AvgIpc) is 3.07. The number of rotatable bonds is 7. The first kappa shape index (κ1) is 24.2. The van der Waals surface area contributed by atoms with Crippen LogP contribution < -0.4 is 10.1 Å². The van der Waals surface area contributed by atoms with Crippen molar-refractivity contribution in [2.24, 2.45) is 9.98 Å². The van der Waals surface area contributed by atoms with Crippen molar-refractivity contribution in [3.05, 3.63) is 83.9 Å². The smallest absolute Gasteiger partial charge is 0.338 e. The van der Waals surface area contributed by atoms with Gasteiger partial charge in [-0.3, -0.25) is 9.79 Å². The molecular formula is C27H25N3O4S. The zero-order valence-electron chi connectivity index (χ0n) is 19.5. The fraction of sp³-hybridized carbons (Fsp3) is 0.185. The van der Waals surface area contributed by atoms with Gasteiger partial charge in [0.2, 0.25) is 5.91 Å². The highest BCUT2D eigenvalue weighted by atomic mass is 32.2. The molecule has 0 aliphatic carbocycles. The van der Waals surface area contributed by atoms with E-state index >= 15 is 0 Å². The number of carbonyl (C=O) groups is 2. The predicted octanol–water partition coefficient (Wildman–Crippen LogP) is 5.80. The first-order chi connectivity index (χ1) is 17.1. The third-order valence-electron chi connectivity index (χ3n) is 5.15. The highest BCUT2D eigenvalue weighted by Crippen LogP contribution is 2.33. The molecule has 3 aromatic carbocycles. The van der Waals surface area contributed by atoms with Gasteiger partial charge in [0.1, 0.15) is 5.75 Å². The van der Waals surface area contributed by atoms with Crippen molar-refractivity contribution in [2.45, 2.75) is 13.3 Å². The van der Waals surface area contributed by atoms with Crippen LogP contribution in [0.4, 0.5) is 17.1 Å². The van der Waals surface area contributed by atoms with Crippen LogP contribution in [0.25, 0.3) is 0 Å². The lowest BCUT2D eigenvalue weighted by Crippen LogP contribution is -2.16. The molecule has 7 nitrogen and oxygen atoms in total. The summed E-state index contributed by atoms with van der Waals surface area (Å²) in [5, 5.41) is 3.65. The lowest BCUT2D eigenvalue weighted by molar-refractivity contribution is -0.113. The van der Waals surface area contributed by atoms with E-state index in [-0.39, 0.29) is 17.6 Å². The Labute approximate surface area is 208 Å². The topological polar surface area (TPSA) is 89.3 Å². The quantitative estimate of drug-likeness (QED) is 0.426. The first-order valence-electron chi connectivity index (χ1n) is 11.1. The van der Waals surface area contributed by atoms with E-state index < -0.39 is 0 Å². The summed E-state index contributed by atoms with van der Waals surface area (Å²) >= 11 is 1.38. The fourth-order valence-corrected chi connectivity index (χ4v) is 4.23. The largest absolute Gasteiger partial charge is 0.497 e. The summed E-state index contributed by atoms with van der Waals surface area (Å²) < 4.78 is 10.4. The molecular weight excluding hydrogens is 462 g/mol. The molecule has 0 spiro atoms. The molecule has 8 heteroatoms. The third kappa shape index (κ3) is 6.36. The number of hydrogen-bond acceptors (Lipinski definition) is 7. The molecule has 0 aromatic heterocycles. The van der Waals surface area contributed by atoms with Crippen molar-refractivity contribution in [2.75, 3.05) is 24.8 Å². The van der Waals surface area contributed by atoms with Gasteiger partial charge < -0.3 is 14.8 Å². The van der Waals surface area contributed by atoms with Crippen LogP contribution in [0.1, 0.15) is 29.3 Å². The number of fused-ring (bicyclic) bond motifs is 1. The minimum Gasteiger partial charge on any atom is -0.497 e. The van der Waals surface area contributed by atoms with E-state index in [9.17, 15) is 9.59 Å². The highest BCUT2D eigenvalue weighted by molar-refractivity contribution is 8.14.